The van der Waals surface area contributed by atoms with Gasteiger partial charge >= 0.3 is 0 Å². The lowest BCUT2D eigenvalue weighted by atomic mass is 10.2. The number of ketones is 1. The standard InChI is InChI=1S/C19H19N7O3/c20-17(28)16(27)14-15-18(24-23-14)21-10-13(22-15)19(29)26-8-6-25(7-9-26)11-12-4-2-1-3-5-12/h1-5,10H,6-9,11H2,(H2,20,28)(H,21,23,24). The van der Waals surface area contributed by atoms with Crippen LogP contribution in [-0.2, 0) is 11.3 Å². The molecule has 10 nitrogen and oxygen atoms in total. The summed E-state index contributed by atoms with van der Waals surface area (Å²) in [5.41, 5.74) is 6.39. The highest BCUT2D eigenvalue weighted by Crippen LogP contribution is 2.15. The number of hydrogen-bond donors (Lipinski definition) is 2. The van der Waals surface area contributed by atoms with Gasteiger partial charge in [0.2, 0.25) is 0 Å². The molecule has 1 saturated heterocycles. The van der Waals surface area contributed by atoms with Crippen LogP contribution < -0.4 is 5.73 Å². The summed E-state index contributed by atoms with van der Waals surface area (Å²) in [6.45, 7) is 3.44. The van der Waals surface area contributed by atoms with Gasteiger partial charge in [-0.25, -0.2) is 9.97 Å². The normalized spacial score (nSPS) is 14.8. The Balaban J connectivity index is 1.46. The van der Waals surface area contributed by atoms with Crippen molar-refractivity contribution in [3.63, 3.8) is 0 Å². The number of carbonyl (C=O) groups excluding carboxylic acids is 3. The minimum atomic E-state index is -1.14. The van der Waals surface area contributed by atoms with Crippen LogP contribution in [0.15, 0.2) is 36.5 Å². The van der Waals surface area contributed by atoms with Gasteiger partial charge in [-0.1, -0.05) is 30.3 Å². The summed E-state index contributed by atoms with van der Waals surface area (Å²) < 4.78 is 0. The molecule has 3 aromatic rings. The van der Waals surface area contributed by atoms with E-state index in [9.17, 15) is 14.4 Å². The maximum Gasteiger partial charge on any atom is 0.291 e. The van der Waals surface area contributed by atoms with Crippen molar-refractivity contribution < 1.29 is 14.4 Å². The number of rotatable bonds is 5. The number of Topliss-reactive ketones (excluding diaryl/α,β-unsaturated/α-hetero) is 1. The van der Waals surface area contributed by atoms with E-state index in [-0.39, 0.29) is 28.5 Å². The van der Waals surface area contributed by atoms with E-state index in [1.165, 1.54) is 11.8 Å². The predicted molar refractivity (Wildman–Crippen MR) is 103 cm³/mol. The van der Waals surface area contributed by atoms with Crippen LogP contribution in [0.25, 0.3) is 11.2 Å². The molecule has 2 amide bonds. The zero-order chi connectivity index (χ0) is 20.4. The van der Waals surface area contributed by atoms with Crippen molar-refractivity contribution in [2.75, 3.05) is 26.2 Å². The molecule has 3 heterocycles. The van der Waals surface area contributed by atoms with Crippen molar-refractivity contribution in [3.05, 3.63) is 53.5 Å². The van der Waals surface area contributed by atoms with Gasteiger partial charge in [0.1, 0.15) is 16.9 Å². The van der Waals surface area contributed by atoms with Crippen molar-refractivity contribution in [3.8, 4) is 0 Å². The molecule has 0 unspecified atom stereocenters. The van der Waals surface area contributed by atoms with Gasteiger partial charge in [0.25, 0.3) is 17.6 Å². The van der Waals surface area contributed by atoms with Crippen LogP contribution in [0.3, 0.4) is 0 Å². The Kier molecular flexibility index (Phi) is 5.00. The Bertz CT molecular complexity index is 1070. The monoisotopic (exact) mass is 393 g/mol. The highest BCUT2D eigenvalue weighted by Gasteiger charge is 2.26. The number of carbonyl (C=O) groups is 3. The maximum absolute atomic E-state index is 12.8. The van der Waals surface area contributed by atoms with Gasteiger partial charge in [-0.3, -0.25) is 24.4 Å². The van der Waals surface area contributed by atoms with Crippen LogP contribution in [0.1, 0.15) is 26.5 Å². The van der Waals surface area contributed by atoms with Gasteiger partial charge in [-0.2, -0.15) is 5.10 Å². The van der Waals surface area contributed by atoms with Crippen LogP contribution in [0.4, 0.5) is 0 Å². The minimum Gasteiger partial charge on any atom is -0.363 e. The predicted octanol–water partition coefficient (Wildman–Crippen LogP) is -0.0211. The van der Waals surface area contributed by atoms with Gasteiger partial charge in [0.15, 0.2) is 5.65 Å². The molecule has 1 aromatic carbocycles. The van der Waals surface area contributed by atoms with E-state index in [1.807, 2.05) is 18.2 Å². The summed E-state index contributed by atoms with van der Waals surface area (Å²) in [4.78, 5) is 48.1. The van der Waals surface area contributed by atoms with Crippen molar-refractivity contribution in [2.45, 2.75) is 6.54 Å². The van der Waals surface area contributed by atoms with E-state index in [2.05, 4.69) is 37.2 Å². The Morgan fingerprint density at radius 1 is 1.07 bits per heavy atom. The summed E-state index contributed by atoms with van der Waals surface area (Å²) in [7, 11) is 0. The van der Waals surface area contributed by atoms with Crippen molar-refractivity contribution in [2.24, 2.45) is 5.73 Å². The molecule has 1 aliphatic heterocycles. The maximum atomic E-state index is 12.8. The lowest BCUT2D eigenvalue weighted by Gasteiger charge is -2.34. The number of nitrogens with two attached hydrogens (primary N) is 1. The van der Waals surface area contributed by atoms with Crippen LogP contribution in [-0.4, -0.2) is 73.7 Å². The Morgan fingerprint density at radius 2 is 1.79 bits per heavy atom. The minimum absolute atomic E-state index is 0.0577. The first-order chi connectivity index (χ1) is 14.0. The van der Waals surface area contributed by atoms with Crippen molar-refractivity contribution >= 4 is 28.8 Å². The number of H-pyrrole nitrogens is 1. The summed E-state index contributed by atoms with van der Waals surface area (Å²) in [6, 6.07) is 10.2. The van der Waals surface area contributed by atoms with Crippen LogP contribution in [0, 0.1) is 0 Å². The SMILES string of the molecule is NC(=O)C(=O)c1[nH]nc2ncc(C(=O)N3CCN(Cc4ccccc4)CC3)nc12. The van der Waals surface area contributed by atoms with E-state index in [0.717, 1.165) is 19.6 Å². The Labute approximate surface area is 165 Å². The number of fused-ring (bicyclic) bond motifs is 1. The van der Waals surface area contributed by atoms with Gasteiger partial charge in [-0.15, -0.1) is 0 Å². The number of benzene rings is 1. The van der Waals surface area contributed by atoms with Gasteiger partial charge in [0, 0.05) is 32.7 Å². The Hall–Kier alpha value is -3.66. The lowest BCUT2D eigenvalue weighted by Crippen LogP contribution is -2.48. The van der Waals surface area contributed by atoms with E-state index < -0.39 is 11.7 Å². The fourth-order valence-electron chi connectivity index (χ4n) is 3.29. The molecule has 148 valence electrons. The lowest BCUT2D eigenvalue weighted by molar-refractivity contribution is -0.114. The first-order valence-electron chi connectivity index (χ1n) is 9.13. The van der Waals surface area contributed by atoms with Crippen LogP contribution in [0.5, 0.6) is 0 Å². The van der Waals surface area contributed by atoms with E-state index in [1.54, 1.807) is 4.90 Å². The third-order valence-electron chi connectivity index (χ3n) is 4.84. The molecule has 1 aliphatic rings. The zero-order valence-electron chi connectivity index (χ0n) is 15.5. The molecule has 0 spiro atoms. The quantitative estimate of drug-likeness (QED) is 0.459. The van der Waals surface area contributed by atoms with E-state index >= 15 is 0 Å². The number of hydrogen-bond acceptors (Lipinski definition) is 7. The molecule has 0 aliphatic carbocycles. The summed E-state index contributed by atoms with van der Waals surface area (Å²) in [6.07, 6.45) is 1.32. The molecule has 4 rings (SSSR count). The average molecular weight is 393 g/mol. The van der Waals surface area contributed by atoms with E-state index in [4.69, 9.17) is 5.73 Å². The molecular formula is C19H19N7O3. The van der Waals surface area contributed by atoms with Gasteiger partial charge in [0.05, 0.1) is 6.20 Å². The molecule has 0 bridgehead atoms. The fourth-order valence-corrected chi connectivity index (χ4v) is 3.29. The number of aromatic amines is 1. The number of aromatic nitrogens is 4. The molecule has 10 heteroatoms. The summed E-state index contributed by atoms with van der Waals surface area (Å²) in [5.74, 6) is -2.37. The fraction of sp³-hybridized carbons (Fsp3) is 0.263. The third kappa shape index (κ3) is 3.83. The number of primary amides is 1. The molecule has 2 aromatic heterocycles. The number of nitrogens with one attached hydrogen (secondary N) is 1. The highest BCUT2D eigenvalue weighted by molar-refractivity contribution is 6.43. The average Bonchev–Trinajstić information content (AvgIpc) is 3.17. The highest BCUT2D eigenvalue weighted by atomic mass is 16.2. The van der Waals surface area contributed by atoms with E-state index in [0.29, 0.717) is 13.1 Å². The number of amides is 2. The first-order valence-corrected chi connectivity index (χ1v) is 9.13. The molecule has 0 saturated carbocycles. The topological polar surface area (TPSA) is 138 Å². The van der Waals surface area contributed by atoms with Crippen molar-refractivity contribution in [1.29, 1.82) is 0 Å². The Morgan fingerprint density at radius 3 is 2.48 bits per heavy atom. The molecule has 0 atom stereocenters. The number of nitrogens with zero attached hydrogens (tertiary/aromatic N) is 5. The second kappa shape index (κ2) is 7.76. The molecule has 0 radical (unpaired) electrons. The first kappa shape index (κ1) is 18.7. The zero-order valence-corrected chi connectivity index (χ0v) is 15.5. The molecule has 29 heavy (non-hydrogen) atoms. The summed E-state index contributed by atoms with van der Waals surface area (Å²) in [5, 5.41) is 6.24. The molecule has 1 fully saturated rings. The summed E-state index contributed by atoms with van der Waals surface area (Å²) >= 11 is 0. The van der Waals surface area contributed by atoms with Crippen LogP contribution in [0.2, 0.25) is 0 Å². The second-order valence-corrected chi connectivity index (χ2v) is 6.77. The third-order valence-corrected chi connectivity index (χ3v) is 4.84. The van der Waals surface area contributed by atoms with Crippen molar-refractivity contribution in [1.82, 2.24) is 30.0 Å². The van der Waals surface area contributed by atoms with Gasteiger partial charge < -0.3 is 10.6 Å². The largest absolute Gasteiger partial charge is 0.363 e. The van der Waals surface area contributed by atoms with Crippen LogP contribution >= 0.6 is 0 Å². The number of piperazine rings is 1. The smallest absolute Gasteiger partial charge is 0.291 e. The van der Waals surface area contributed by atoms with Gasteiger partial charge in [-0.05, 0) is 5.56 Å². The molecule has 3 N–H and O–H groups in total. The second-order valence-electron chi connectivity index (χ2n) is 6.77. The molecular weight excluding hydrogens is 374 g/mol.